The van der Waals surface area contributed by atoms with Gasteiger partial charge in [0, 0.05) is 29.1 Å². The summed E-state index contributed by atoms with van der Waals surface area (Å²) in [7, 11) is 0. The highest BCUT2D eigenvalue weighted by molar-refractivity contribution is 8.06. The van der Waals surface area contributed by atoms with E-state index in [-0.39, 0.29) is 0 Å². The van der Waals surface area contributed by atoms with Crippen LogP contribution in [0.5, 0.6) is 0 Å². The molecule has 1 unspecified atom stereocenters. The number of rotatable bonds is 3. The molecule has 1 atom stereocenters. The Bertz CT molecular complexity index is 539. The zero-order valence-corrected chi connectivity index (χ0v) is 11.4. The number of thioether (sulfide) groups is 2. The second-order valence-electron chi connectivity index (χ2n) is 4.11. The smallest absolute Gasteiger partial charge is 0.160 e. The summed E-state index contributed by atoms with van der Waals surface area (Å²) in [6.07, 6.45) is 0. The van der Waals surface area contributed by atoms with Gasteiger partial charge in [0.25, 0.3) is 0 Å². The van der Waals surface area contributed by atoms with Crippen LogP contribution >= 0.6 is 23.5 Å². The molecule has 0 bridgehead atoms. The summed E-state index contributed by atoms with van der Waals surface area (Å²) in [6.45, 7) is 0.934. The lowest BCUT2D eigenvalue weighted by Gasteiger charge is -2.21. The van der Waals surface area contributed by atoms with Crippen molar-refractivity contribution < 1.29 is 4.63 Å². The number of nitrogens with zero attached hydrogens (tertiary/aromatic N) is 2. The molecular formula is C11H14N4OS2. The molecule has 1 fully saturated rings. The summed E-state index contributed by atoms with van der Waals surface area (Å²) in [5.41, 5.74) is 8.69. The topological polar surface area (TPSA) is 77.0 Å². The average Bonchev–Trinajstić information content (AvgIpc) is 2.90. The van der Waals surface area contributed by atoms with E-state index in [4.69, 9.17) is 10.4 Å². The van der Waals surface area contributed by atoms with Crippen LogP contribution in [0.3, 0.4) is 0 Å². The van der Waals surface area contributed by atoms with Gasteiger partial charge in [0.15, 0.2) is 11.0 Å². The first-order chi connectivity index (χ1) is 8.84. The highest BCUT2D eigenvalue weighted by Gasteiger charge is 2.15. The molecule has 0 saturated carbocycles. The fourth-order valence-electron chi connectivity index (χ4n) is 1.91. The SMILES string of the molecule is Nc1ccc(NCC2CSCCS2)c2nonc12. The molecule has 0 amide bonds. The molecule has 3 N–H and O–H groups in total. The van der Waals surface area contributed by atoms with E-state index in [0.717, 1.165) is 12.2 Å². The lowest BCUT2D eigenvalue weighted by Crippen LogP contribution is -2.23. The number of anilines is 2. The largest absolute Gasteiger partial charge is 0.397 e. The van der Waals surface area contributed by atoms with Crippen LogP contribution in [0.1, 0.15) is 0 Å². The molecule has 18 heavy (non-hydrogen) atoms. The van der Waals surface area contributed by atoms with Crippen LogP contribution in [-0.4, -0.2) is 39.4 Å². The normalized spacial score (nSPS) is 20.1. The second kappa shape index (κ2) is 5.27. The summed E-state index contributed by atoms with van der Waals surface area (Å²) >= 11 is 4.04. The number of nitrogens with one attached hydrogen (secondary N) is 1. The van der Waals surface area contributed by atoms with Gasteiger partial charge in [0.1, 0.15) is 0 Å². The third-order valence-electron chi connectivity index (χ3n) is 2.85. The summed E-state index contributed by atoms with van der Waals surface area (Å²) in [6, 6.07) is 3.76. The second-order valence-corrected chi connectivity index (χ2v) is 6.67. The molecule has 7 heteroatoms. The number of nitrogens with two attached hydrogens (primary N) is 1. The van der Waals surface area contributed by atoms with Crippen molar-refractivity contribution in [1.82, 2.24) is 10.3 Å². The number of nitrogen functional groups attached to an aromatic ring is 1. The Hall–Kier alpha value is -1.08. The summed E-state index contributed by atoms with van der Waals surface area (Å²) in [5, 5.41) is 11.8. The van der Waals surface area contributed by atoms with E-state index in [0.29, 0.717) is 22.0 Å². The maximum absolute atomic E-state index is 5.81. The third kappa shape index (κ3) is 2.37. The van der Waals surface area contributed by atoms with E-state index in [1.165, 1.54) is 17.3 Å². The Morgan fingerprint density at radius 3 is 3.06 bits per heavy atom. The van der Waals surface area contributed by atoms with Gasteiger partial charge in [0.2, 0.25) is 0 Å². The van der Waals surface area contributed by atoms with Crippen molar-refractivity contribution in [3.8, 4) is 0 Å². The van der Waals surface area contributed by atoms with Crippen molar-refractivity contribution in [3.63, 3.8) is 0 Å². The Morgan fingerprint density at radius 1 is 1.33 bits per heavy atom. The van der Waals surface area contributed by atoms with Crippen LogP contribution < -0.4 is 11.1 Å². The van der Waals surface area contributed by atoms with Gasteiger partial charge in [-0.2, -0.15) is 23.5 Å². The Kier molecular flexibility index (Phi) is 3.51. The number of fused-ring (bicyclic) bond motifs is 1. The zero-order valence-electron chi connectivity index (χ0n) is 9.76. The fourth-order valence-corrected chi connectivity index (χ4v) is 4.52. The molecule has 2 heterocycles. The molecule has 0 spiro atoms. The maximum Gasteiger partial charge on any atom is 0.160 e. The molecule has 3 rings (SSSR count). The van der Waals surface area contributed by atoms with Crippen LogP contribution in [0.2, 0.25) is 0 Å². The highest BCUT2D eigenvalue weighted by atomic mass is 32.2. The number of hydrogen-bond acceptors (Lipinski definition) is 7. The van der Waals surface area contributed by atoms with Gasteiger partial charge in [-0.1, -0.05) is 0 Å². The first kappa shape index (κ1) is 12.0. The van der Waals surface area contributed by atoms with Gasteiger partial charge in [-0.3, -0.25) is 0 Å². The van der Waals surface area contributed by atoms with Gasteiger partial charge in [-0.25, -0.2) is 4.63 Å². The van der Waals surface area contributed by atoms with E-state index < -0.39 is 0 Å². The predicted octanol–water partition coefficient (Wildman–Crippen LogP) is 2.07. The first-order valence-electron chi connectivity index (χ1n) is 5.78. The minimum absolute atomic E-state index is 0.597. The lowest BCUT2D eigenvalue weighted by molar-refractivity contribution is 0.316. The molecule has 1 aliphatic rings. The molecule has 2 aromatic rings. The average molecular weight is 282 g/mol. The molecule has 5 nitrogen and oxygen atoms in total. The first-order valence-corrected chi connectivity index (χ1v) is 7.99. The van der Waals surface area contributed by atoms with Gasteiger partial charge in [-0.15, -0.1) is 0 Å². The van der Waals surface area contributed by atoms with Crippen LogP contribution in [0, 0.1) is 0 Å². The maximum atomic E-state index is 5.81. The molecule has 1 aliphatic heterocycles. The van der Waals surface area contributed by atoms with E-state index in [1.807, 2.05) is 35.7 Å². The van der Waals surface area contributed by atoms with Crippen LogP contribution in [0.4, 0.5) is 11.4 Å². The Morgan fingerprint density at radius 2 is 2.22 bits per heavy atom. The molecule has 1 saturated heterocycles. The van der Waals surface area contributed by atoms with Gasteiger partial charge in [0.05, 0.1) is 11.4 Å². The van der Waals surface area contributed by atoms with E-state index in [1.54, 1.807) is 0 Å². The van der Waals surface area contributed by atoms with Crippen molar-refractivity contribution in [2.24, 2.45) is 0 Å². The van der Waals surface area contributed by atoms with Crippen molar-refractivity contribution >= 4 is 45.9 Å². The Labute approximate surface area is 113 Å². The molecular weight excluding hydrogens is 268 g/mol. The Balaban J connectivity index is 1.74. The van der Waals surface area contributed by atoms with Crippen molar-refractivity contribution in [2.45, 2.75) is 5.25 Å². The molecule has 96 valence electrons. The summed E-state index contributed by atoms with van der Waals surface area (Å²) < 4.78 is 4.75. The van der Waals surface area contributed by atoms with E-state index in [9.17, 15) is 0 Å². The van der Waals surface area contributed by atoms with Crippen LogP contribution in [-0.2, 0) is 0 Å². The van der Waals surface area contributed by atoms with Crippen molar-refractivity contribution in [1.29, 1.82) is 0 Å². The molecule has 0 aliphatic carbocycles. The summed E-state index contributed by atoms with van der Waals surface area (Å²) in [4.78, 5) is 0. The quantitative estimate of drug-likeness (QED) is 0.834. The van der Waals surface area contributed by atoms with Crippen molar-refractivity contribution in [3.05, 3.63) is 12.1 Å². The van der Waals surface area contributed by atoms with Gasteiger partial charge in [-0.05, 0) is 22.4 Å². The fraction of sp³-hybridized carbons (Fsp3) is 0.455. The van der Waals surface area contributed by atoms with Crippen molar-refractivity contribution in [2.75, 3.05) is 34.9 Å². The minimum atomic E-state index is 0.597. The summed E-state index contributed by atoms with van der Waals surface area (Å²) in [5.74, 6) is 3.70. The highest BCUT2D eigenvalue weighted by Crippen LogP contribution is 2.27. The third-order valence-corrected chi connectivity index (χ3v) is 5.70. The number of aromatic nitrogens is 2. The zero-order chi connectivity index (χ0) is 12.4. The van der Waals surface area contributed by atoms with Gasteiger partial charge < -0.3 is 11.1 Å². The van der Waals surface area contributed by atoms with Gasteiger partial charge >= 0.3 is 0 Å². The standard InChI is InChI=1S/C11H14N4OS2/c12-8-1-2-9(11-10(8)14-16-15-11)13-5-7-6-17-3-4-18-7/h1-2,7,13H,3-6,12H2. The van der Waals surface area contributed by atoms with E-state index in [2.05, 4.69) is 15.6 Å². The molecule has 1 aromatic heterocycles. The van der Waals surface area contributed by atoms with Crippen LogP contribution in [0.15, 0.2) is 16.8 Å². The van der Waals surface area contributed by atoms with E-state index >= 15 is 0 Å². The molecule has 0 radical (unpaired) electrons. The number of benzene rings is 1. The number of hydrogen-bond donors (Lipinski definition) is 2. The minimum Gasteiger partial charge on any atom is -0.397 e. The predicted molar refractivity (Wildman–Crippen MR) is 78.3 cm³/mol. The molecule has 1 aromatic carbocycles. The monoisotopic (exact) mass is 282 g/mol. The van der Waals surface area contributed by atoms with Crippen LogP contribution in [0.25, 0.3) is 11.0 Å². The lowest BCUT2D eigenvalue weighted by atomic mass is 10.2.